The Morgan fingerprint density at radius 3 is 2.70 bits per heavy atom. The summed E-state index contributed by atoms with van der Waals surface area (Å²) < 4.78 is 37.0. The smallest absolute Gasteiger partial charge is 0.399 e. The van der Waals surface area contributed by atoms with E-state index in [-0.39, 0.29) is 25.3 Å². The van der Waals surface area contributed by atoms with Gasteiger partial charge in [0.1, 0.15) is 12.6 Å². The molecule has 0 bridgehead atoms. The van der Waals surface area contributed by atoms with Crippen LogP contribution in [0.1, 0.15) is 18.4 Å². The summed E-state index contributed by atoms with van der Waals surface area (Å²) in [4.78, 5) is 24.4. The molecule has 0 aromatic heterocycles. The molecule has 1 atom stereocenters. The first-order chi connectivity index (χ1) is 10.8. The normalized spacial score (nSPS) is 18.3. The third kappa shape index (κ3) is 4.87. The Bertz CT molecular complexity index is 590. The highest BCUT2D eigenvalue weighted by atomic mass is 19.4. The molecule has 0 saturated carbocycles. The standard InChI is InChI=1S/C15H18F3N3O2/c16-15(17,18)9-21-8-7-12(14(21)23)20-13(22)6-5-10-3-1-2-4-11(10)19/h1-4,12H,5-9,19H2,(H,20,22). The summed E-state index contributed by atoms with van der Waals surface area (Å²) in [5, 5.41) is 2.50. The molecular weight excluding hydrogens is 311 g/mol. The van der Waals surface area contributed by atoms with Crippen LogP contribution < -0.4 is 11.1 Å². The lowest BCUT2D eigenvalue weighted by molar-refractivity contribution is -0.158. The van der Waals surface area contributed by atoms with Gasteiger partial charge in [0, 0.05) is 18.7 Å². The number of anilines is 1. The van der Waals surface area contributed by atoms with Crippen molar-refractivity contribution in [2.45, 2.75) is 31.5 Å². The SMILES string of the molecule is Nc1ccccc1CCC(=O)NC1CCN(CC(F)(F)F)C1=O. The van der Waals surface area contributed by atoms with Gasteiger partial charge in [-0.2, -0.15) is 13.2 Å². The Morgan fingerprint density at radius 1 is 1.35 bits per heavy atom. The highest BCUT2D eigenvalue weighted by molar-refractivity contribution is 5.89. The van der Waals surface area contributed by atoms with Gasteiger partial charge in [-0.25, -0.2) is 0 Å². The topological polar surface area (TPSA) is 75.4 Å². The second kappa shape index (κ2) is 6.89. The average Bonchev–Trinajstić information content (AvgIpc) is 2.78. The van der Waals surface area contributed by atoms with Crippen LogP contribution in [0, 0.1) is 0 Å². The van der Waals surface area contributed by atoms with E-state index in [4.69, 9.17) is 5.73 Å². The Hall–Kier alpha value is -2.25. The number of nitrogens with zero attached hydrogens (tertiary/aromatic N) is 1. The zero-order valence-corrected chi connectivity index (χ0v) is 12.4. The summed E-state index contributed by atoms with van der Waals surface area (Å²) in [5.74, 6) is -1.06. The molecular formula is C15H18F3N3O2. The molecule has 0 radical (unpaired) electrons. The Labute approximate surface area is 131 Å². The van der Waals surface area contributed by atoms with Gasteiger partial charge in [-0.3, -0.25) is 9.59 Å². The number of aryl methyl sites for hydroxylation is 1. The number of nitrogens with one attached hydrogen (secondary N) is 1. The van der Waals surface area contributed by atoms with Crippen molar-refractivity contribution < 1.29 is 22.8 Å². The second-order valence-corrected chi connectivity index (χ2v) is 5.48. The number of rotatable bonds is 5. The van der Waals surface area contributed by atoms with Gasteiger partial charge in [-0.1, -0.05) is 18.2 Å². The maximum atomic E-state index is 12.3. The zero-order valence-electron chi connectivity index (χ0n) is 12.4. The van der Waals surface area contributed by atoms with Crippen molar-refractivity contribution >= 4 is 17.5 Å². The number of likely N-dealkylation sites (tertiary alicyclic amines) is 1. The van der Waals surface area contributed by atoms with Gasteiger partial charge in [0.2, 0.25) is 11.8 Å². The van der Waals surface area contributed by atoms with Crippen LogP contribution in [-0.4, -0.2) is 42.0 Å². The molecule has 0 aliphatic carbocycles. The minimum atomic E-state index is -4.43. The maximum Gasteiger partial charge on any atom is 0.406 e. The average molecular weight is 329 g/mol. The summed E-state index contributed by atoms with van der Waals surface area (Å²) in [7, 11) is 0. The highest BCUT2D eigenvalue weighted by Crippen LogP contribution is 2.21. The Balaban J connectivity index is 1.82. The molecule has 1 aromatic rings. The maximum absolute atomic E-state index is 12.3. The van der Waals surface area contributed by atoms with E-state index in [1.807, 2.05) is 0 Å². The van der Waals surface area contributed by atoms with Crippen molar-refractivity contribution in [3.63, 3.8) is 0 Å². The van der Waals surface area contributed by atoms with Gasteiger partial charge in [-0.15, -0.1) is 0 Å². The fraction of sp³-hybridized carbons (Fsp3) is 0.467. The molecule has 1 unspecified atom stereocenters. The van der Waals surface area contributed by atoms with E-state index in [0.717, 1.165) is 10.5 Å². The molecule has 1 aromatic carbocycles. The van der Waals surface area contributed by atoms with Crippen molar-refractivity contribution in [3.8, 4) is 0 Å². The number of carbonyl (C=O) groups is 2. The van der Waals surface area contributed by atoms with Crippen LogP contribution in [0.2, 0.25) is 0 Å². The van der Waals surface area contributed by atoms with E-state index >= 15 is 0 Å². The van der Waals surface area contributed by atoms with Crippen LogP contribution in [0.3, 0.4) is 0 Å². The van der Waals surface area contributed by atoms with Gasteiger partial charge < -0.3 is 16.0 Å². The number of carbonyl (C=O) groups excluding carboxylic acids is 2. The van der Waals surface area contributed by atoms with Crippen molar-refractivity contribution in [1.82, 2.24) is 10.2 Å². The van der Waals surface area contributed by atoms with E-state index < -0.39 is 24.7 Å². The summed E-state index contributed by atoms with van der Waals surface area (Å²) >= 11 is 0. The third-order valence-electron chi connectivity index (χ3n) is 3.68. The lowest BCUT2D eigenvalue weighted by atomic mass is 10.1. The quantitative estimate of drug-likeness (QED) is 0.804. The van der Waals surface area contributed by atoms with Crippen LogP contribution in [0.4, 0.5) is 18.9 Å². The number of benzene rings is 1. The number of nitrogens with two attached hydrogens (primary N) is 1. The van der Waals surface area contributed by atoms with E-state index in [2.05, 4.69) is 5.32 Å². The number of para-hydroxylation sites is 1. The van der Waals surface area contributed by atoms with Gasteiger partial charge in [0.15, 0.2) is 0 Å². The first kappa shape index (κ1) is 17.1. The van der Waals surface area contributed by atoms with Crippen molar-refractivity contribution in [3.05, 3.63) is 29.8 Å². The van der Waals surface area contributed by atoms with Crippen LogP contribution in [0.5, 0.6) is 0 Å². The number of nitrogen functional groups attached to an aromatic ring is 1. The molecule has 1 aliphatic heterocycles. The second-order valence-electron chi connectivity index (χ2n) is 5.48. The zero-order chi connectivity index (χ0) is 17.0. The van der Waals surface area contributed by atoms with Gasteiger partial charge in [0.05, 0.1) is 0 Å². The molecule has 23 heavy (non-hydrogen) atoms. The molecule has 1 fully saturated rings. The van der Waals surface area contributed by atoms with Crippen LogP contribution >= 0.6 is 0 Å². The van der Waals surface area contributed by atoms with E-state index in [0.29, 0.717) is 12.1 Å². The first-order valence-corrected chi connectivity index (χ1v) is 7.24. The Morgan fingerprint density at radius 2 is 2.04 bits per heavy atom. The number of halogens is 3. The molecule has 126 valence electrons. The molecule has 0 spiro atoms. The number of hydrogen-bond acceptors (Lipinski definition) is 3. The van der Waals surface area contributed by atoms with Gasteiger partial charge >= 0.3 is 6.18 Å². The minimum Gasteiger partial charge on any atom is -0.399 e. The fourth-order valence-corrected chi connectivity index (χ4v) is 2.52. The van der Waals surface area contributed by atoms with Crippen LogP contribution in [0.15, 0.2) is 24.3 Å². The monoisotopic (exact) mass is 329 g/mol. The fourth-order valence-electron chi connectivity index (χ4n) is 2.52. The van der Waals surface area contributed by atoms with Crippen molar-refractivity contribution in [1.29, 1.82) is 0 Å². The Kier molecular flexibility index (Phi) is 5.12. The molecule has 8 heteroatoms. The van der Waals surface area contributed by atoms with Gasteiger partial charge in [0.25, 0.3) is 0 Å². The van der Waals surface area contributed by atoms with Crippen molar-refractivity contribution in [2.24, 2.45) is 0 Å². The predicted octanol–water partition coefficient (Wildman–Crippen LogP) is 1.48. The van der Waals surface area contributed by atoms with Crippen molar-refractivity contribution in [2.75, 3.05) is 18.8 Å². The molecule has 2 rings (SSSR count). The predicted molar refractivity (Wildman–Crippen MR) is 78.4 cm³/mol. The first-order valence-electron chi connectivity index (χ1n) is 7.24. The van der Waals surface area contributed by atoms with E-state index in [1.165, 1.54) is 0 Å². The largest absolute Gasteiger partial charge is 0.406 e. The van der Waals surface area contributed by atoms with Gasteiger partial charge in [-0.05, 0) is 24.5 Å². The summed E-state index contributed by atoms with van der Waals surface area (Å²) in [5.41, 5.74) is 7.17. The third-order valence-corrected chi connectivity index (χ3v) is 3.68. The summed E-state index contributed by atoms with van der Waals surface area (Å²) in [6.45, 7) is -1.28. The summed E-state index contributed by atoms with van der Waals surface area (Å²) in [6.07, 6.45) is -3.71. The highest BCUT2D eigenvalue weighted by Gasteiger charge is 2.39. The van der Waals surface area contributed by atoms with E-state index in [1.54, 1.807) is 24.3 Å². The molecule has 1 aliphatic rings. The minimum absolute atomic E-state index is 0.00504. The number of alkyl halides is 3. The van der Waals surface area contributed by atoms with E-state index in [9.17, 15) is 22.8 Å². The van der Waals surface area contributed by atoms with Crippen LogP contribution in [0.25, 0.3) is 0 Å². The molecule has 5 nitrogen and oxygen atoms in total. The summed E-state index contributed by atoms with van der Waals surface area (Å²) in [6, 6.07) is 6.24. The van der Waals surface area contributed by atoms with Crippen LogP contribution in [-0.2, 0) is 16.0 Å². The lowest BCUT2D eigenvalue weighted by Gasteiger charge is -2.18. The number of amides is 2. The molecule has 3 N–H and O–H groups in total. The lowest BCUT2D eigenvalue weighted by Crippen LogP contribution is -2.43. The number of hydrogen-bond donors (Lipinski definition) is 2. The molecule has 2 amide bonds. The molecule has 1 heterocycles. The molecule has 1 saturated heterocycles.